The van der Waals surface area contributed by atoms with Crippen LogP contribution in [0.15, 0.2) is 18.3 Å². The van der Waals surface area contributed by atoms with Gasteiger partial charge in [0.05, 0.1) is 5.69 Å². The van der Waals surface area contributed by atoms with E-state index < -0.39 is 0 Å². The summed E-state index contributed by atoms with van der Waals surface area (Å²) in [5.74, 6) is 0.682. The first-order chi connectivity index (χ1) is 7.09. The van der Waals surface area contributed by atoms with Crippen LogP contribution in [0, 0.1) is 5.92 Å². The Morgan fingerprint density at radius 3 is 2.73 bits per heavy atom. The van der Waals surface area contributed by atoms with Crippen molar-refractivity contribution >= 4 is 5.69 Å². The van der Waals surface area contributed by atoms with E-state index in [1.54, 1.807) is 0 Å². The van der Waals surface area contributed by atoms with Crippen molar-refractivity contribution in [1.82, 2.24) is 10.3 Å². The first-order valence-electron chi connectivity index (χ1n) is 5.42. The van der Waals surface area contributed by atoms with Gasteiger partial charge in [-0.25, -0.2) is 0 Å². The van der Waals surface area contributed by atoms with Gasteiger partial charge in [-0.2, -0.15) is 0 Å². The van der Waals surface area contributed by atoms with E-state index in [0.717, 1.165) is 18.8 Å². The van der Waals surface area contributed by atoms with Crippen LogP contribution in [0.25, 0.3) is 0 Å². The third-order valence-corrected chi connectivity index (χ3v) is 2.18. The molecular weight excluding hydrogens is 186 g/mol. The molecule has 3 nitrogen and oxygen atoms in total. The quantitative estimate of drug-likeness (QED) is 0.799. The summed E-state index contributed by atoms with van der Waals surface area (Å²) in [6, 6.07) is 4.14. The Bertz CT molecular complexity index is 295. The molecule has 0 unspecified atom stereocenters. The van der Waals surface area contributed by atoms with Crippen molar-refractivity contribution in [1.29, 1.82) is 0 Å². The van der Waals surface area contributed by atoms with Crippen LogP contribution in [0.2, 0.25) is 0 Å². The monoisotopic (exact) mass is 207 g/mol. The summed E-state index contributed by atoms with van der Waals surface area (Å²) in [4.78, 5) is 6.42. The number of rotatable bonds is 5. The van der Waals surface area contributed by atoms with Gasteiger partial charge in [0, 0.05) is 32.5 Å². The van der Waals surface area contributed by atoms with E-state index in [2.05, 4.69) is 35.1 Å². The lowest BCUT2D eigenvalue weighted by molar-refractivity contribution is 0.548. The third kappa shape index (κ3) is 4.30. The Labute approximate surface area is 92.5 Å². The molecule has 1 N–H and O–H groups in total. The smallest absolute Gasteiger partial charge is 0.0562 e. The second-order valence-electron chi connectivity index (χ2n) is 4.42. The van der Waals surface area contributed by atoms with Crippen LogP contribution in [0.1, 0.15) is 19.5 Å². The lowest BCUT2D eigenvalue weighted by Gasteiger charge is -2.13. The van der Waals surface area contributed by atoms with Gasteiger partial charge in [-0.15, -0.1) is 0 Å². The number of nitrogens with one attached hydrogen (secondary N) is 1. The Hall–Kier alpha value is -1.09. The van der Waals surface area contributed by atoms with E-state index in [4.69, 9.17) is 0 Å². The highest BCUT2D eigenvalue weighted by atomic mass is 15.1. The number of nitrogens with zero attached hydrogens (tertiary/aromatic N) is 2. The molecule has 3 heteroatoms. The minimum absolute atomic E-state index is 0.682. The van der Waals surface area contributed by atoms with Crippen molar-refractivity contribution in [2.75, 3.05) is 25.5 Å². The van der Waals surface area contributed by atoms with Gasteiger partial charge in [0.2, 0.25) is 0 Å². The van der Waals surface area contributed by atoms with Gasteiger partial charge in [-0.3, -0.25) is 4.98 Å². The van der Waals surface area contributed by atoms with Gasteiger partial charge in [-0.1, -0.05) is 13.8 Å². The third-order valence-electron chi connectivity index (χ3n) is 2.18. The second kappa shape index (κ2) is 5.71. The summed E-state index contributed by atoms with van der Waals surface area (Å²) < 4.78 is 0. The Kier molecular flexibility index (Phi) is 4.56. The van der Waals surface area contributed by atoms with Crippen LogP contribution in [0.5, 0.6) is 0 Å². The molecular formula is C12H21N3. The molecule has 0 atom stereocenters. The summed E-state index contributed by atoms with van der Waals surface area (Å²) in [7, 11) is 4.08. The van der Waals surface area contributed by atoms with Crippen LogP contribution < -0.4 is 10.2 Å². The molecule has 1 rings (SSSR count). The number of hydrogen-bond acceptors (Lipinski definition) is 3. The molecule has 0 saturated carbocycles. The van der Waals surface area contributed by atoms with Crippen molar-refractivity contribution in [3.05, 3.63) is 24.0 Å². The molecule has 0 spiro atoms. The topological polar surface area (TPSA) is 28.2 Å². The predicted molar refractivity (Wildman–Crippen MR) is 65.1 cm³/mol. The van der Waals surface area contributed by atoms with Crippen molar-refractivity contribution in [3.63, 3.8) is 0 Å². The average Bonchev–Trinajstić information content (AvgIpc) is 2.17. The van der Waals surface area contributed by atoms with E-state index in [-0.39, 0.29) is 0 Å². The summed E-state index contributed by atoms with van der Waals surface area (Å²) in [6.07, 6.45) is 1.86. The maximum atomic E-state index is 4.33. The zero-order valence-electron chi connectivity index (χ0n) is 10.1. The molecule has 1 heterocycles. The highest BCUT2D eigenvalue weighted by Crippen LogP contribution is 2.10. The minimum atomic E-state index is 0.682. The predicted octanol–water partition coefficient (Wildman–Crippen LogP) is 1.89. The molecule has 0 aliphatic carbocycles. The molecule has 84 valence electrons. The fourth-order valence-corrected chi connectivity index (χ4v) is 1.33. The molecule has 1 aromatic heterocycles. The van der Waals surface area contributed by atoms with E-state index in [1.165, 1.54) is 5.69 Å². The molecule has 15 heavy (non-hydrogen) atoms. The molecule has 0 amide bonds. The number of anilines is 1. The minimum Gasteiger partial charge on any atom is -0.378 e. The Balaban J connectivity index is 2.50. The van der Waals surface area contributed by atoms with Crippen LogP contribution in [0.3, 0.4) is 0 Å². The van der Waals surface area contributed by atoms with E-state index in [9.17, 15) is 0 Å². The molecule has 0 radical (unpaired) electrons. The zero-order valence-corrected chi connectivity index (χ0v) is 10.1. The molecule has 0 saturated heterocycles. The lowest BCUT2D eigenvalue weighted by atomic mass is 10.2. The maximum Gasteiger partial charge on any atom is 0.0562 e. The van der Waals surface area contributed by atoms with E-state index >= 15 is 0 Å². The first kappa shape index (κ1) is 12.0. The lowest BCUT2D eigenvalue weighted by Crippen LogP contribution is -2.20. The molecule has 0 aliphatic rings. The van der Waals surface area contributed by atoms with Gasteiger partial charge < -0.3 is 10.2 Å². The van der Waals surface area contributed by atoms with Crippen LogP contribution in [-0.2, 0) is 6.54 Å². The summed E-state index contributed by atoms with van der Waals surface area (Å²) in [5, 5.41) is 3.39. The largest absolute Gasteiger partial charge is 0.378 e. The molecule has 0 fully saturated rings. The van der Waals surface area contributed by atoms with Gasteiger partial charge in [-0.05, 0) is 24.6 Å². The summed E-state index contributed by atoms with van der Waals surface area (Å²) in [5.41, 5.74) is 2.30. The summed E-state index contributed by atoms with van der Waals surface area (Å²) >= 11 is 0. The average molecular weight is 207 g/mol. The van der Waals surface area contributed by atoms with Crippen LogP contribution in [-0.4, -0.2) is 25.6 Å². The number of pyridine rings is 1. The maximum absolute atomic E-state index is 4.33. The van der Waals surface area contributed by atoms with Crippen molar-refractivity contribution < 1.29 is 0 Å². The molecule has 0 bridgehead atoms. The van der Waals surface area contributed by atoms with Gasteiger partial charge >= 0.3 is 0 Å². The van der Waals surface area contributed by atoms with Gasteiger partial charge in [0.25, 0.3) is 0 Å². The number of aromatic nitrogens is 1. The van der Waals surface area contributed by atoms with Crippen molar-refractivity contribution in [2.24, 2.45) is 5.92 Å². The zero-order chi connectivity index (χ0) is 11.3. The first-order valence-corrected chi connectivity index (χ1v) is 5.42. The summed E-state index contributed by atoms with van der Waals surface area (Å²) in [6.45, 7) is 6.29. The number of hydrogen-bond donors (Lipinski definition) is 1. The second-order valence-corrected chi connectivity index (χ2v) is 4.42. The van der Waals surface area contributed by atoms with Gasteiger partial charge in [0.1, 0.15) is 0 Å². The van der Waals surface area contributed by atoms with Crippen molar-refractivity contribution in [3.8, 4) is 0 Å². The van der Waals surface area contributed by atoms with Gasteiger partial charge in [0.15, 0.2) is 0 Å². The van der Waals surface area contributed by atoms with Crippen molar-refractivity contribution in [2.45, 2.75) is 20.4 Å². The standard InChI is InChI=1S/C12H21N3/c1-10(2)8-13-9-11-7-12(15(3)4)5-6-14-11/h5-7,10,13H,8-9H2,1-4H3. The highest BCUT2D eigenvalue weighted by molar-refractivity contribution is 5.44. The molecule has 0 aliphatic heterocycles. The van der Waals surface area contributed by atoms with Crippen LogP contribution >= 0.6 is 0 Å². The fraction of sp³-hybridized carbons (Fsp3) is 0.583. The fourth-order valence-electron chi connectivity index (χ4n) is 1.33. The Morgan fingerprint density at radius 1 is 1.40 bits per heavy atom. The van der Waals surface area contributed by atoms with E-state index in [0.29, 0.717) is 5.92 Å². The normalized spacial score (nSPS) is 10.7. The highest BCUT2D eigenvalue weighted by Gasteiger charge is 1.99. The molecule has 0 aromatic carbocycles. The molecule has 1 aromatic rings. The SMILES string of the molecule is CC(C)CNCc1cc(N(C)C)ccn1. The van der Waals surface area contributed by atoms with E-state index in [1.807, 2.05) is 26.4 Å². The Morgan fingerprint density at radius 2 is 2.13 bits per heavy atom. The van der Waals surface area contributed by atoms with Crippen LogP contribution in [0.4, 0.5) is 5.69 Å².